The van der Waals surface area contributed by atoms with Gasteiger partial charge >= 0.3 is 0 Å². The maximum atomic E-state index is 4.16. The SMILES string of the molecule is CCCC(C)C(NC)c1ncn[nH]1. The summed E-state index contributed by atoms with van der Waals surface area (Å²) in [5.74, 6) is 1.52. The van der Waals surface area contributed by atoms with Crippen LogP contribution in [-0.4, -0.2) is 22.2 Å². The van der Waals surface area contributed by atoms with Gasteiger partial charge in [0.25, 0.3) is 0 Å². The van der Waals surface area contributed by atoms with E-state index >= 15 is 0 Å². The quantitative estimate of drug-likeness (QED) is 0.725. The second-order valence-corrected chi connectivity index (χ2v) is 3.40. The predicted octanol–water partition coefficient (Wildman–Crippen LogP) is 1.50. The Balaban J connectivity index is 2.62. The first-order valence-corrected chi connectivity index (χ1v) is 4.82. The lowest BCUT2D eigenvalue weighted by Crippen LogP contribution is -2.24. The average molecular weight is 182 g/mol. The zero-order valence-corrected chi connectivity index (χ0v) is 8.54. The normalized spacial score (nSPS) is 15.6. The van der Waals surface area contributed by atoms with E-state index in [9.17, 15) is 0 Å². The topological polar surface area (TPSA) is 53.6 Å². The van der Waals surface area contributed by atoms with E-state index in [4.69, 9.17) is 0 Å². The molecule has 13 heavy (non-hydrogen) atoms. The lowest BCUT2D eigenvalue weighted by molar-refractivity contribution is 0.370. The maximum absolute atomic E-state index is 4.16. The van der Waals surface area contributed by atoms with Gasteiger partial charge < -0.3 is 5.32 Å². The Morgan fingerprint density at radius 3 is 2.85 bits per heavy atom. The smallest absolute Gasteiger partial charge is 0.141 e. The molecule has 4 nitrogen and oxygen atoms in total. The molecule has 2 unspecified atom stereocenters. The van der Waals surface area contributed by atoms with Crippen LogP contribution in [0.4, 0.5) is 0 Å². The Labute approximate surface area is 79.2 Å². The summed E-state index contributed by atoms with van der Waals surface area (Å²) in [6, 6.07) is 0.294. The lowest BCUT2D eigenvalue weighted by Gasteiger charge is -2.20. The molecular weight excluding hydrogens is 164 g/mol. The van der Waals surface area contributed by atoms with Gasteiger partial charge in [0.1, 0.15) is 12.2 Å². The van der Waals surface area contributed by atoms with Gasteiger partial charge in [0, 0.05) is 0 Å². The minimum atomic E-state index is 0.294. The van der Waals surface area contributed by atoms with E-state index in [0.29, 0.717) is 12.0 Å². The van der Waals surface area contributed by atoms with Gasteiger partial charge in [-0.15, -0.1) is 0 Å². The zero-order chi connectivity index (χ0) is 9.68. The van der Waals surface area contributed by atoms with Gasteiger partial charge in [0.15, 0.2) is 0 Å². The van der Waals surface area contributed by atoms with Crippen LogP contribution in [0.3, 0.4) is 0 Å². The molecule has 0 aliphatic carbocycles. The first-order valence-electron chi connectivity index (χ1n) is 4.82. The van der Waals surface area contributed by atoms with E-state index in [0.717, 1.165) is 5.82 Å². The number of nitrogens with one attached hydrogen (secondary N) is 2. The third kappa shape index (κ3) is 2.52. The highest BCUT2D eigenvalue weighted by Gasteiger charge is 2.18. The molecule has 4 heteroatoms. The second-order valence-electron chi connectivity index (χ2n) is 3.40. The summed E-state index contributed by atoms with van der Waals surface area (Å²) < 4.78 is 0. The van der Waals surface area contributed by atoms with Crippen molar-refractivity contribution in [1.29, 1.82) is 0 Å². The summed E-state index contributed by atoms with van der Waals surface area (Å²) in [6.07, 6.45) is 3.96. The molecule has 2 atom stereocenters. The Kier molecular flexibility index (Phi) is 3.89. The van der Waals surface area contributed by atoms with Gasteiger partial charge in [0.05, 0.1) is 6.04 Å². The third-order valence-electron chi connectivity index (χ3n) is 2.35. The summed E-state index contributed by atoms with van der Waals surface area (Å²) in [7, 11) is 1.96. The molecule has 0 saturated heterocycles. The van der Waals surface area contributed by atoms with E-state index in [1.165, 1.54) is 12.8 Å². The monoisotopic (exact) mass is 182 g/mol. The number of aromatic amines is 1. The predicted molar refractivity (Wildman–Crippen MR) is 52.3 cm³/mol. The maximum Gasteiger partial charge on any atom is 0.141 e. The second kappa shape index (κ2) is 4.97. The standard InChI is InChI=1S/C9H18N4/c1-4-5-7(2)8(10-3)9-11-6-12-13-9/h6-8,10H,4-5H2,1-3H3,(H,11,12,13). The fourth-order valence-electron chi connectivity index (χ4n) is 1.68. The summed E-state index contributed by atoms with van der Waals surface area (Å²) in [4.78, 5) is 4.16. The average Bonchev–Trinajstić information content (AvgIpc) is 2.59. The van der Waals surface area contributed by atoms with Gasteiger partial charge in [-0.3, -0.25) is 5.10 Å². The fraction of sp³-hybridized carbons (Fsp3) is 0.778. The van der Waals surface area contributed by atoms with E-state index in [2.05, 4.69) is 34.3 Å². The molecule has 1 heterocycles. The van der Waals surface area contributed by atoms with Crippen molar-refractivity contribution in [3.63, 3.8) is 0 Å². The van der Waals surface area contributed by atoms with Crippen LogP contribution in [-0.2, 0) is 0 Å². The summed E-state index contributed by atoms with van der Waals surface area (Å²) in [5.41, 5.74) is 0. The van der Waals surface area contributed by atoms with Crippen molar-refractivity contribution >= 4 is 0 Å². The van der Waals surface area contributed by atoms with E-state index in [1.807, 2.05) is 7.05 Å². The number of hydrogen-bond acceptors (Lipinski definition) is 3. The molecule has 0 aliphatic rings. The van der Waals surface area contributed by atoms with Crippen LogP contribution in [0.15, 0.2) is 6.33 Å². The minimum Gasteiger partial charge on any atom is -0.310 e. The van der Waals surface area contributed by atoms with Gasteiger partial charge in [0.2, 0.25) is 0 Å². The number of nitrogens with zero attached hydrogens (tertiary/aromatic N) is 2. The minimum absolute atomic E-state index is 0.294. The van der Waals surface area contributed by atoms with E-state index in [1.54, 1.807) is 6.33 Å². The summed E-state index contributed by atoms with van der Waals surface area (Å²) in [6.45, 7) is 4.43. The van der Waals surface area contributed by atoms with Crippen LogP contribution in [0.2, 0.25) is 0 Å². The molecule has 0 spiro atoms. The lowest BCUT2D eigenvalue weighted by atomic mass is 9.96. The fourth-order valence-corrected chi connectivity index (χ4v) is 1.68. The molecule has 1 rings (SSSR count). The van der Waals surface area contributed by atoms with Crippen molar-refractivity contribution in [2.24, 2.45) is 5.92 Å². The first-order chi connectivity index (χ1) is 6.29. The Hall–Kier alpha value is -0.900. The molecule has 1 aromatic heterocycles. The van der Waals surface area contributed by atoms with Crippen LogP contribution in [0.25, 0.3) is 0 Å². The van der Waals surface area contributed by atoms with Crippen molar-refractivity contribution in [2.75, 3.05) is 7.05 Å². The molecule has 74 valence electrons. The summed E-state index contributed by atoms with van der Waals surface area (Å²) >= 11 is 0. The Morgan fingerprint density at radius 1 is 1.62 bits per heavy atom. The summed E-state index contributed by atoms with van der Waals surface area (Å²) in [5, 5.41) is 10.0. The highest BCUT2D eigenvalue weighted by molar-refractivity contribution is 4.93. The van der Waals surface area contributed by atoms with Gasteiger partial charge in [-0.1, -0.05) is 20.3 Å². The van der Waals surface area contributed by atoms with E-state index in [-0.39, 0.29) is 0 Å². The molecule has 2 N–H and O–H groups in total. The first kappa shape index (κ1) is 10.2. The van der Waals surface area contributed by atoms with Gasteiger partial charge in [-0.05, 0) is 19.4 Å². The molecule has 1 aromatic rings. The van der Waals surface area contributed by atoms with Crippen molar-refractivity contribution in [3.05, 3.63) is 12.2 Å². The van der Waals surface area contributed by atoms with Crippen LogP contribution in [0, 0.1) is 5.92 Å². The molecule has 0 bridgehead atoms. The van der Waals surface area contributed by atoms with Gasteiger partial charge in [-0.2, -0.15) is 5.10 Å². The largest absolute Gasteiger partial charge is 0.310 e. The number of aromatic nitrogens is 3. The molecule has 0 amide bonds. The van der Waals surface area contributed by atoms with Crippen molar-refractivity contribution in [2.45, 2.75) is 32.7 Å². The van der Waals surface area contributed by atoms with Crippen molar-refractivity contribution in [3.8, 4) is 0 Å². The Bertz CT molecular complexity index is 220. The van der Waals surface area contributed by atoms with Crippen LogP contribution < -0.4 is 5.32 Å². The molecule has 0 radical (unpaired) electrons. The van der Waals surface area contributed by atoms with E-state index < -0.39 is 0 Å². The molecule has 0 aliphatic heterocycles. The molecular formula is C9H18N4. The number of rotatable bonds is 5. The van der Waals surface area contributed by atoms with Crippen LogP contribution >= 0.6 is 0 Å². The highest BCUT2D eigenvalue weighted by Crippen LogP contribution is 2.21. The molecule has 0 fully saturated rings. The zero-order valence-electron chi connectivity index (χ0n) is 8.54. The number of hydrogen-bond donors (Lipinski definition) is 2. The van der Waals surface area contributed by atoms with Crippen LogP contribution in [0.5, 0.6) is 0 Å². The highest BCUT2D eigenvalue weighted by atomic mass is 15.2. The molecule has 0 aromatic carbocycles. The van der Waals surface area contributed by atoms with Crippen molar-refractivity contribution < 1.29 is 0 Å². The van der Waals surface area contributed by atoms with Crippen LogP contribution in [0.1, 0.15) is 38.6 Å². The van der Waals surface area contributed by atoms with Gasteiger partial charge in [-0.25, -0.2) is 4.98 Å². The molecule has 0 saturated carbocycles. The Morgan fingerprint density at radius 2 is 2.38 bits per heavy atom. The number of H-pyrrole nitrogens is 1. The van der Waals surface area contributed by atoms with Crippen molar-refractivity contribution in [1.82, 2.24) is 20.5 Å². The third-order valence-corrected chi connectivity index (χ3v) is 2.35.